The maximum Gasteiger partial charge on any atom is 0.234 e. The summed E-state index contributed by atoms with van der Waals surface area (Å²) in [6.07, 6.45) is 9.19. The van der Waals surface area contributed by atoms with Gasteiger partial charge in [-0.1, -0.05) is 5.92 Å². The zero-order valence-corrected chi connectivity index (χ0v) is 12.7. The van der Waals surface area contributed by atoms with Crippen LogP contribution in [0.15, 0.2) is 0 Å². The molecule has 1 aliphatic carbocycles. The van der Waals surface area contributed by atoms with Gasteiger partial charge in [0, 0.05) is 6.04 Å². The van der Waals surface area contributed by atoms with Crippen molar-refractivity contribution >= 4 is 11.8 Å². The van der Waals surface area contributed by atoms with Gasteiger partial charge in [-0.2, -0.15) is 0 Å². The van der Waals surface area contributed by atoms with Gasteiger partial charge in [0.15, 0.2) is 0 Å². The van der Waals surface area contributed by atoms with Crippen LogP contribution in [-0.2, 0) is 9.59 Å². The predicted octanol–water partition coefficient (Wildman–Crippen LogP) is -0.868. The second-order valence-corrected chi connectivity index (χ2v) is 6.23. The van der Waals surface area contributed by atoms with Gasteiger partial charge < -0.3 is 11.5 Å². The molecule has 6 nitrogen and oxygen atoms in total. The summed E-state index contributed by atoms with van der Waals surface area (Å²) in [6, 6.07) is 0.643. The van der Waals surface area contributed by atoms with Crippen LogP contribution in [0.5, 0.6) is 0 Å². The first-order chi connectivity index (χ1) is 9.86. The average molecular weight is 292 g/mol. The Morgan fingerprint density at radius 1 is 1.05 bits per heavy atom. The van der Waals surface area contributed by atoms with Crippen molar-refractivity contribution in [1.29, 1.82) is 0 Å². The first-order valence-electron chi connectivity index (χ1n) is 7.35. The van der Waals surface area contributed by atoms with Crippen LogP contribution in [0.1, 0.15) is 25.7 Å². The molecule has 5 atom stereocenters. The summed E-state index contributed by atoms with van der Waals surface area (Å²) in [6.45, 7) is 0. The van der Waals surface area contributed by atoms with E-state index in [4.69, 9.17) is 17.9 Å². The Balaban J connectivity index is 0.000000154. The molecule has 0 unspecified atom stereocenters. The smallest absolute Gasteiger partial charge is 0.234 e. The molecule has 0 radical (unpaired) electrons. The van der Waals surface area contributed by atoms with Crippen molar-refractivity contribution in [3.63, 3.8) is 0 Å². The molecule has 2 saturated heterocycles. The Morgan fingerprint density at radius 3 is 1.95 bits per heavy atom. The molecule has 6 heteroatoms. The number of fused-ring (bicyclic) bond motifs is 1. The number of likely N-dealkylation sites (N-methyl/N-ethyl adjacent to an activating group) is 2. The first-order valence-corrected chi connectivity index (χ1v) is 7.35. The summed E-state index contributed by atoms with van der Waals surface area (Å²) in [7, 11) is 3.83. The van der Waals surface area contributed by atoms with Crippen molar-refractivity contribution < 1.29 is 9.59 Å². The minimum Gasteiger partial charge on any atom is -0.368 e. The number of nitrogens with zero attached hydrogens (tertiary/aromatic N) is 2. The summed E-state index contributed by atoms with van der Waals surface area (Å²) in [5, 5.41) is 0. The lowest BCUT2D eigenvalue weighted by Crippen LogP contribution is -2.40. The summed E-state index contributed by atoms with van der Waals surface area (Å²) >= 11 is 0. The van der Waals surface area contributed by atoms with Crippen molar-refractivity contribution in [2.24, 2.45) is 17.4 Å². The molecule has 3 rings (SSSR count). The van der Waals surface area contributed by atoms with Crippen LogP contribution in [0.2, 0.25) is 0 Å². The molecule has 2 heterocycles. The number of carbonyl (C=O) groups excluding carboxylic acids is 2. The fourth-order valence-electron chi connectivity index (χ4n) is 3.47. The second-order valence-electron chi connectivity index (χ2n) is 6.23. The minimum atomic E-state index is -0.273. The largest absolute Gasteiger partial charge is 0.368 e. The molecular formula is C15H24N4O2. The van der Waals surface area contributed by atoms with Crippen molar-refractivity contribution in [3.8, 4) is 12.3 Å². The van der Waals surface area contributed by atoms with Gasteiger partial charge in [-0.05, 0) is 45.7 Å². The van der Waals surface area contributed by atoms with E-state index in [1.807, 2.05) is 19.0 Å². The molecule has 116 valence electrons. The van der Waals surface area contributed by atoms with Gasteiger partial charge >= 0.3 is 0 Å². The summed E-state index contributed by atoms with van der Waals surface area (Å²) in [5.41, 5.74) is 10.3. The fourth-order valence-corrected chi connectivity index (χ4v) is 3.47. The Labute approximate surface area is 125 Å². The molecule has 3 aliphatic rings. The normalized spacial score (nSPS) is 38.0. The van der Waals surface area contributed by atoms with E-state index in [1.54, 1.807) is 0 Å². The highest BCUT2D eigenvalue weighted by Crippen LogP contribution is 2.46. The van der Waals surface area contributed by atoms with E-state index in [0.717, 1.165) is 25.2 Å². The van der Waals surface area contributed by atoms with Crippen LogP contribution in [0, 0.1) is 18.3 Å². The lowest BCUT2D eigenvalue weighted by atomic mass is 10.1. The van der Waals surface area contributed by atoms with Crippen molar-refractivity contribution in [3.05, 3.63) is 0 Å². The third-order valence-electron chi connectivity index (χ3n) is 4.97. The number of piperidine rings is 1. The van der Waals surface area contributed by atoms with Gasteiger partial charge in [-0.3, -0.25) is 19.4 Å². The molecule has 0 aromatic carbocycles. The van der Waals surface area contributed by atoms with E-state index < -0.39 is 0 Å². The first kappa shape index (κ1) is 15.8. The summed E-state index contributed by atoms with van der Waals surface area (Å²) in [5.74, 6) is 2.97. The number of nitrogens with two attached hydrogens (primary N) is 2. The molecule has 1 saturated carbocycles. The van der Waals surface area contributed by atoms with Crippen LogP contribution in [-0.4, -0.2) is 59.9 Å². The molecule has 4 N–H and O–H groups in total. The van der Waals surface area contributed by atoms with Crippen molar-refractivity contribution in [2.45, 2.75) is 49.9 Å². The highest BCUT2D eigenvalue weighted by Gasteiger charge is 2.51. The molecule has 3 fully saturated rings. The van der Waals surface area contributed by atoms with Gasteiger partial charge in [0.25, 0.3) is 0 Å². The van der Waals surface area contributed by atoms with E-state index >= 15 is 0 Å². The van der Waals surface area contributed by atoms with E-state index in [-0.39, 0.29) is 29.9 Å². The SMILES string of the molecule is C#C[C@H]1CC[C@@H](C(N)=O)N1C.CN1[C@H](C(N)=O)C[C@@H]2C[C@@H]21. The van der Waals surface area contributed by atoms with Gasteiger partial charge in [0.2, 0.25) is 11.8 Å². The number of terminal acetylenes is 1. The quantitative estimate of drug-likeness (QED) is 0.647. The number of rotatable bonds is 2. The third kappa shape index (κ3) is 3.20. The number of amides is 2. The van der Waals surface area contributed by atoms with Crippen LogP contribution in [0.3, 0.4) is 0 Å². The van der Waals surface area contributed by atoms with Crippen LogP contribution in [0.25, 0.3) is 0 Å². The number of likely N-dealkylation sites (tertiary alicyclic amines) is 2. The number of primary amides is 2. The summed E-state index contributed by atoms with van der Waals surface area (Å²) < 4.78 is 0. The topological polar surface area (TPSA) is 92.7 Å². The Hall–Kier alpha value is -1.58. The predicted molar refractivity (Wildman–Crippen MR) is 79.9 cm³/mol. The lowest BCUT2D eigenvalue weighted by molar-refractivity contribution is -0.123. The van der Waals surface area contributed by atoms with Gasteiger partial charge in [0.1, 0.15) is 0 Å². The molecule has 2 aliphatic heterocycles. The molecule has 21 heavy (non-hydrogen) atoms. The molecule has 2 amide bonds. The number of carbonyl (C=O) groups is 2. The van der Waals surface area contributed by atoms with Crippen molar-refractivity contribution in [2.75, 3.05) is 14.1 Å². The maximum atomic E-state index is 10.8. The van der Waals surface area contributed by atoms with Gasteiger partial charge in [-0.25, -0.2) is 0 Å². The lowest BCUT2D eigenvalue weighted by Gasteiger charge is -2.19. The van der Waals surface area contributed by atoms with Crippen LogP contribution in [0.4, 0.5) is 0 Å². The number of hydrogen-bond acceptors (Lipinski definition) is 4. The molecule has 0 aromatic rings. The van der Waals surface area contributed by atoms with E-state index in [0.29, 0.717) is 6.04 Å². The monoisotopic (exact) mass is 292 g/mol. The average Bonchev–Trinajstić information content (AvgIpc) is 2.99. The molecule has 0 spiro atoms. The van der Waals surface area contributed by atoms with E-state index in [9.17, 15) is 9.59 Å². The highest BCUT2D eigenvalue weighted by molar-refractivity contribution is 5.80. The minimum absolute atomic E-state index is 0.0312. The standard InChI is InChI=1S/C8H12N2O.C7H12N2O/c1-3-6-4-5-7(8(9)11)10(6)2;1-9-5-2-4(5)3-6(9)7(8)10/h1,6-7H,4-5H2,2H3,(H2,9,11);4-6H,2-3H2,1H3,(H2,8,10)/t6-,7-;4-,5-,6-/m00/s1. The molecule has 0 aromatic heterocycles. The third-order valence-corrected chi connectivity index (χ3v) is 4.97. The zero-order chi connectivity index (χ0) is 15.7. The highest BCUT2D eigenvalue weighted by atomic mass is 16.2. The Morgan fingerprint density at radius 2 is 1.67 bits per heavy atom. The summed E-state index contributed by atoms with van der Waals surface area (Å²) in [4.78, 5) is 25.5. The maximum absolute atomic E-state index is 10.8. The Bertz CT molecular complexity index is 473. The van der Waals surface area contributed by atoms with Gasteiger partial charge in [-0.15, -0.1) is 6.42 Å². The Kier molecular flexibility index (Phi) is 4.55. The van der Waals surface area contributed by atoms with E-state index in [2.05, 4.69) is 10.8 Å². The van der Waals surface area contributed by atoms with Crippen LogP contribution >= 0.6 is 0 Å². The van der Waals surface area contributed by atoms with Gasteiger partial charge in [0.05, 0.1) is 18.1 Å². The zero-order valence-electron chi connectivity index (χ0n) is 12.7. The van der Waals surface area contributed by atoms with E-state index in [1.165, 1.54) is 6.42 Å². The number of hydrogen-bond donors (Lipinski definition) is 2. The molecule has 0 bridgehead atoms. The second kappa shape index (κ2) is 6.04. The van der Waals surface area contributed by atoms with Crippen molar-refractivity contribution in [1.82, 2.24) is 9.80 Å². The molecular weight excluding hydrogens is 268 g/mol. The fraction of sp³-hybridized carbons (Fsp3) is 0.733. The van der Waals surface area contributed by atoms with Crippen LogP contribution < -0.4 is 11.5 Å².